The first kappa shape index (κ1) is 18.6. The van der Waals surface area contributed by atoms with Crippen LogP contribution < -0.4 is 0 Å². The van der Waals surface area contributed by atoms with Gasteiger partial charge in [0.2, 0.25) is 5.91 Å². The van der Waals surface area contributed by atoms with Gasteiger partial charge in [-0.3, -0.25) is 9.59 Å². The van der Waals surface area contributed by atoms with Crippen LogP contribution in [-0.4, -0.2) is 28.2 Å². The molecule has 1 fully saturated rings. The molecule has 0 heterocycles. The molecule has 0 bridgehead atoms. The predicted octanol–water partition coefficient (Wildman–Crippen LogP) is 4.56. The minimum atomic E-state index is -0.0189. The van der Waals surface area contributed by atoms with E-state index in [0.29, 0.717) is 18.0 Å². The maximum Gasteiger partial charge on any atom is 0.223 e. The van der Waals surface area contributed by atoms with E-state index in [2.05, 4.69) is 15.9 Å². The van der Waals surface area contributed by atoms with Crippen molar-refractivity contribution in [1.82, 2.24) is 4.90 Å². The van der Waals surface area contributed by atoms with Crippen LogP contribution in [0.2, 0.25) is 0 Å². The first-order chi connectivity index (χ1) is 12.5. The number of phenolic OH excluding ortho intramolecular Hbond substituents is 1. The second-order valence-electron chi connectivity index (χ2n) is 6.82. The van der Waals surface area contributed by atoms with Gasteiger partial charge in [-0.2, -0.15) is 0 Å². The molecule has 0 atom stereocenters. The lowest BCUT2D eigenvalue weighted by Gasteiger charge is -2.23. The van der Waals surface area contributed by atoms with E-state index in [4.69, 9.17) is 0 Å². The molecular weight excluding hydrogens is 394 g/mol. The quantitative estimate of drug-likeness (QED) is 0.642. The third-order valence-electron chi connectivity index (χ3n) is 4.54. The molecule has 136 valence electrons. The molecule has 0 aromatic heterocycles. The van der Waals surface area contributed by atoms with Gasteiger partial charge in [-0.15, -0.1) is 0 Å². The summed E-state index contributed by atoms with van der Waals surface area (Å²) in [6.07, 6.45) is 2.73. The minimum Gasteiger partial charge on any atom is -0.508 e. The third kappa shape index (κ3) is 5.43. The van der Waals surface area contributed by atoms with Gasteiger partial charge in [-0.1, -0.05) is 40.2 Å². The Morgan fingerprint density at radius 1 is 1.08 bits per heavy atom. The van der Waals surface area contributed by atoms with Crippen LogP contribution in [0.15, 0.2) is 53.0 Å². The van der Waals surface area contributed by atoms with Crippen molar-refractivity contribution in [1.29, 1.82) is 0 Å². The van der Waals surface area contributed by atoms with E-state index in [1.54, 1.807) is 30.3 Å². The molecule has 0 unspecified atom stereocenters. The normalized spacial score (nSPS) is 13.4. The molecule has 0 aliphatic heterocycles. The number of aromatic hydroxyl groups is 1. The zero-order valence-corrected chi connectivity index (χ0v) is 16.1. The van der Waals surface area contributed by atoms with E-state index in [1.165, 1.54) is 0 Å². The highest BCUT2D eigenvalue weighted by Gasteiger charge is 2.27. The fraction of sp³-hybridized carbons (Fsp3) is 0.333. The van der Waals surface area contributed by atoms with E-state index < -0.39 is 0 Å². The van der Waals surface area contributed by atoms with Crippen LogP contribution in [-0.2, 0) is 11.3 Å². The fourth-order valence-electron chi connectivity index (χ4n) is 2.90. The van der Waals surface area contributed by atoms with Crippen molar-refractivity contribution in [2.45, 2.75) is 32.2 Å². The van der Waals surface area contributed by atoms with Gasteiger partial charge >= 0.3 is 0 Å². The zero-order chi connectivity index (χ0) is 18.5. The SMILES string of the molecule is O=C(CCC(=O)N(Cc1cccc(O)c1)CC1CC1)c1ccc(Br)cc1. The highest BCUT2D eigenvalue weighted by atomic mass is 79.9. The number of amides is 1. The van der Waals surface area contributed by atoms with Crippen molar-refractivity contribution < 1.29 is 14.7 Å². The summed E-state index contributed by atoms with van der Waals surface area (Å²) in [5.74, 6) is 0.741. The highest BCUT2D eigenvalue weighted by molar-refractivity contribution is 9.10. The Kier molecular flexibility index (Phi) is 6.09. The van der Waals surface area contributed by atoms with Crippen molar-refractivity contribution in [2.75, 3.05) is 6.54 Å². The molecule has 1 saturated carbocycles. The third-order valence-corrected chi connectivity index (χ3v) is 5.07. The summed E-state index contributed by atoms with van der Waals surface area (Å²) in [5, 5.41) is 9.63. The second kappa shape index (κ2) is 8.49. The van der Waals surface area contributed by atoms with Gasteiger partial charge in [-0.05, 0) is 48.6 Å². The summed E-state index contributed by atoms with van der Waals surface area (Å²) in [5.41, 5.74) is 1.53. The molecule has 5 heteroatoms. The van der Waals surface area contributed by atoms with Gasteiger partial charge in [0.25, 0.3) is 0 Å². The summed E-state index contributed by atoms with van der Waals surface area (Å²) in [7, 11) is 0. The van der Waals surface area contributed by atoms with Gasteiger partial charge in [-0.25, -0.2) is 0 Å². The summed E-state index contributed by atoms with van der Waals surface area (Å²) < 4.78 is 0.923. The molecule has 0 spiro atoms. The Morgan fingerprint density at radius 2 is 1.81 bits per heavy atom. The van der Waals surface area contributed by atoms with Crippen molar-refractivity contribution >= 4 is 27.6 Å². The molecule has 2 aromatic rings. The number of ketones is 1. The Bertz CT molecular complexity index is 784. The van der Waals surface area contributed by atoms with E-state index in [9.17, 15) is 14.7 Å². The number of hydrogen-bond acceptors (Lipinski definition) is 3. The van der Waals surface area contributed by atoms with Gasteiger partial charge in [0, 0.05) is 36.0 Å². The van der Waals surface area contributed by atoms with Crippen LogP contribution in [0.4, 0.5) is 0 Å². The Morgan fingerprint density at radius 3 is 2.46 bits per heavy atom. The Balaban J connectivity index is 1.59. The number of Topliss-reactive ketones (excluding diaryl/α,β-unsaturated/α-hetero) is 1. The lowest BCUT2D eigenvalue weighted by Crippen LogP contribution is -2.32. The van der Waals surface area contributed by atoms with Crippen LogP contribution >= 0.6 is 15.9 Å². The number of halogens is 1. The second-order valence-corrected chi connectivity index (χ2v) is 7.73. The van der Waals surface area contributed by atoms with Crippen LogP contribution in [0.25, 0.3) is 0 Å². The molecule has 4 nitrogen and oxygen atoms in total. The largest absolute Gasteiger partial charge is 0.508 e. The number of benzene rings is 2. The van der Waals surface area contributed by atoms with Crippen molar-refractivity contribution in [3.8, 4) is 5.75 Å². The fourth-order valence-corrected chi connectivity index (χ4v) is 3.16. The van der Waals surface area contributed by atoms with Gasteiger partial charge in [0.05, 0.1) is 0 Å². The molecule has 0 saturated heterocycles. The molecular formula is C21H22BrNO3. The summed E-state index contributed by atoms with van der Waals surface area (Å²) in [4.78, 5) is 26.8. The number of nitrogens with zero attached hydrogens (tertiary/aromatic N) is 1. The standard InChI is InChI=1S/C21H22BrNO3/c22-18-8-6-17(7-9-18)20(25)10-11-21(26)23(13-15-4-5-15)14-16-2-1-3-19(24)12-16/h1-3,6-9,12,15,24H,4-5,10-11,13-14H2. The molecule has 3 rings (SSSR count). The zero-order valence-electron chi connectivity index (χ0n) is 14.5. The van der Waals surface area contributed by atoms with Crippen molar-refractivity contribution in [2.24, 2.45) is 5.92 Å². The van der Waals surface area contributed by atoms with Crippen LogP contribution in [0.3, 0.4) is 0 Å². The first-order valence-electron chi connectivity index (χ1n) is 8.86. The van der Waals surface area contributed by atoms with Gasteiger partial charge in [0.15, 0.2) is 5.78 Å². The molecule has 26 heavy (non-hydrogen) atoms. The van der Waals surface area contributed by atoms with Gasteiger partial charge in [0.1, 0.15) is 5.75 Å². The van der Waals surface area contributed by atoms with Crippen molar-refractivity contribution in [3.05, 3.63) is 64.1 Å². The van der Waals surface area contributed by atoms with Crippen molar-refractivity contribution in [3.63, 3.8) is 0 Å². The number of carbonyl (C=O) groups excluding carboxylic acids is 2. The molecule has 1 N–H and O–H groups in total. The molecule has 2 aromatic carbocycles. The van der Waals surface area contributed by atoms with E-state index >= 15 is 0 Å². The molecule has 1 amide bonds. The monoisotopic (exact) mass is 415 g/mol. The van der Waals surface area contributed by atoms with Crippen LogP contribution in [0.1, 0.15) is 41.6 Å². The van der Waals surface area contributed by atoms with Gasteiger partial charge < -0.3 is 10.0 Å². The van der Waals surface area contributed by atoms with E-state index in [-0.39, 0.29) is 30.3 Å². The molecule has 1 aliphatic carbocycles. The van der Waals surface area contributed by atoms with Crippen LogP contribution in [0.5, 0.6) is 5.75 Å². The maximum absolute atomic E-state index is 12.7. The number of hydrogen-bond donors (Lipinski definition) is 1. The Hall–Kier alpha value is -2.14. The average Bonchev–Trinajstić information content (AvgIpc) is 3.43. The lowest BCUT2D eigenvalue weighted by molar-refractivity contribution is -0.132. The number of phenols is 1. The smallest absolute Gasteiger partial charge is 0.223 e. The summed E-state index contributed by atoms with van der Waals surface area (Å²) in [6, 6.07) is 14.2. The Labute approximate surface area is 162 Å². The average molecular weight is 416 g/mol. The molecule has 1 aliphatic rings. The maximum atomic E-state index is 12.7. The van der Waals surface area contributed by atoms with E-state index in [1.807, 2.05) is 23.1 Å². The summed E-state index contributed by atoms with van der Waals surface area (Å²) >= 11 is 3.35. The lowest BCUT2D eigenvalue weighted by atomic mass is 10.1. The van der Waals surface area contributed by atoms with E-state index in [0.717, 1.165) is 29.4 Å². The minimum absolute atomic E-state index is 0.00861. The number of rotatable bonds is 8. The predicted molar refractivity (Wildman–Crippen MR) is 104 cm³/mol. The summed E-state index contributed by atoms with van der Waals surface area (Å²) in [6.45, 7) is 1.19. The van der Waals surface area contributed by atoms with Crippen LogP contribution in [0, 0.1) is 5.92 Å². The molecule has 0 radical (unpaired) electrons. The number of carbonyl (C=O) groups is 2. The first-order valence-corrected chi connectivity index (χ1v) is 9.65. The highest BCUT2D eigenvalue weighted by Crippen LogP contribution is 2.30. The topological polar surface area (TPSA) is 57.6 Å².